The zero-order valence-electron chi connectivity index (χ0n) is 14.8. The van der Waals surface area contributed by atoms with E-state index in [-0.39, 0.29) is 17.1 Å². The smallest absolute Gasteiger partial charge is 0.267 e. The van der Waals surface area contributed by atoms with E-state index in [0.29, 0.717) is 5.69 Å². The Hall–Kier alpha value is -3.49. The third kappa shape index (κ3) is 3.26. The van der Waals surface area contributed by atoms with Crippen molar-refractivity contribution in [3.8, 4) is 6.07 Å². The molecule has 0 aliphatic carbocycles. The fraction of sp³-hybridized carbons (Fsp3) is 0.0909. The summed E-state index contributed by atoms with van der Waals surface area (Å²) in [5.74, 6) is -0.858. The summed E-state index contributed by atoms with van der Waals surface area (Å²) in [6.45, 7) is 0.282. The lowest BCUT2D eigenvalue weighted by Crippen LogP contribution is -2.28. The van der Waals surface area contributed by atoms with Gasteiger partial charge in [0, 0.05) is 6.20 Å². The summed E-state index contributed by atoms with van der Waals surface area (Å²) in [6, 6.07) is 21.3. The van der Waals surface area contributed by atoms with Gasteiger partial charge in [0.1, 0.15) is 5.92 Å². The van der Waals surface area contributed by atoms with E-state index in [9.17, 15) is 10.1 Å². The number of aromatic nitrogens is 3. The molecule has 2 aromatic carbocycles. The van der Waals surface area contributed by atoms with Crippen molar-refractivity contribution in [2.24, 2.45) is 0 Å². The van der Waals surface area contributed by atoms with Crippen LogP contribution < -0.4 is 5.56 Å². The number of fused-ring (bicyclic) bond motifs is 1. The lowest BCUT2D eigenvalue weighted by atomic mass is 9.98. The predicted molar refractivity (Wildman–Crippen MR) is 108 cm³/mol. The van der Waals surface area contributed by atoms with Gasteiger partial charge in [0.2, 0.25) is 0 Å². The van der Waals surface area contributed by atoms with Crippen LogP contribution >= 0.6 is 11.6 Å². The van der Waals surface area contributed by atoms with Crippen molar-refractivity contribution in [1.82, 2.24) is 14.8 Å². The molecule has 4 rings (SSSR count). The van der Waals surface area contributed by atoms with Crippen molar-refractivity contribution in [1.29, 1.82) is 5.26 Å². The number of hydrogen-bond acceptors (Lipinski definition) is 4. The molecule has 2 aromatic heterocycles. The van der Waals surface area contributed by atoms with Gasteiger partial charge < -0.3 is 0 Å². The second-order valence-corrected chi connectivity index (χ2v) is 6.73. The lowest BCUT2D eigenvalue weighted by Gasteiger charge is -2.13. The minimum Gasteiger partial charge on any atom is -0.267 e. The number of nitriles is 1. The molecule has 6 heteroatoms. The van der Waals surface area contributed by atoms with Gasteiger partial charge in [-0.25, -0.2) is 4.68 Å². The van der Waals surface area contributed by atoms with E-state index in [0.717, 1.165) is 16.3 Å². The summed E-state index contributed by atoms with van der Waals surface area (Å²) < 4.78 is 1.34. The van der Waals surface area contributed by atoms with Crippen LogP contribution in [0.4, 0.5) is 0 Å². The van der Waals surface area contributed by atoms with Crippen LogP contribution in [0.3, 0.4) is 0 Å². The van der Waals surface area contributed by atoms with Crippen molar-refractivity contribution < 1.29 is 0 Å². The second-order valence-electron chi connectivity index (χ2n) is 6.32. The van der Waals surface area contributed by atoms with Gasteiger partial charge in [-0.15, -0.1) is 0 Å². The third-order valence-electron chi connectivity index (χ3n) is 4.63. The molecule has 0 saturated carbocycles. The van der Waals surface area contributed by atoms with Crippen molar-refractivity contribution in [2.75, 3.05) is 0 Å². The van der Waals surface area contributed by atoms with Gasteiger partial charge in [-0.1, -0.05) is 60.1 Å². The Morgan fingerprint density at radius 2 is 1.86 bits per heavy atom. The average Bonchev–Trinajstić information content (AvgIpc) is 2.74. The minimum atomic E-state index is -0.858. The molecule has 0 N–H and O–H groups in total. The quantitative estimate of drug-likeness (QED) is 0.528. The molecule has 0 saturated heterocycles. The van der Waals surface area contributed by atoms with Crippen LogP contribution in [0, 0.1) is 11.3 Å². The van der Waals surface area contributed by atoms with Crippen molar-refractivity contribution >= 4 is 22.4 Å². The number of nitrogens with zero attached hydrogens (tertiary/aromatic N) is 4. The first kappa shape index (κ1) is 17.9. The molecule has 0 amide bonds. The van der Waals surface area contributed by atoms with Crippen molar-refractivity contribution in [3.63, 3.8) is 0 Å². The van der Waals surface area contributed by atoms with Gasteiger partial charge in [0.15, 0.2) is 0 Å². The molecule has 5 nitrogen and oxygen atoms in total. The summed E-state index contributed by atoms with van der Waals surface area (Å²) in [4.78, 5) is 17.4. The molecule has 0 spiro atoms. The monoisotopic (exact) mass is 386 g/mol. The summed E-state index contributed by atoms with van der Waals surface area (Å²) >= 11 is 6.27. The summed E-state index contributed by atoms with van der Waals surface area (Å²) in [5.41, 5.74) is 1.25. The van der Waals surface area contributed by atoms with Crippen LogP contribution in [0.5, 0.6) is 0 Å². The first-order valence-corrected chi connectivity index (χ1v) is 9.09. The molecular formula is C22H15ClN4O. The summed E-state index contributed by atoms with van der Waals surface area (Å²) in [6.07, 6.45) is 3.00. The number of pyridine rings is 1. The average molecular weight is 387 g/mol. The fourth-order valence-electron chi connectivity index (χ4n) is 3.27. The second kappa shape index (κ2) is 7.63. The molecule has 136 valence electrons. The SMILES string of the molecule is N#CC(c1ccccn1)c1c(Cl)cnn(Cc2cccc3ccccc23)c1=O. The van der Waals surface area contributed by atoms with E-state index in [1.54, 1.807) is 24.4 Å². The Labute approximate surface area is 166 Å². The van der Waals surface area contributed by atoms with Gasteiger partial charge in [-0.2, -0.15) is 10.4 Å². The zero-order chi connectivity index (χ0) is 19.5. The molecule has 0 bridgehead atoms. The molecule has 0 aliphatic heterocycles. The third-order valence-corrected chi connectivity index (χ3v) is 4.94. The van der Waals surface area contributed by atoms with Crippen LogP contribution in [0.1, 0.15) is 22.7 Å². The van der Waals surface area contributed by atoms with E-state index in [4.69, 9.17) is 11.6 Å². The fourth-order valence-corrected chi connectivity index (χ4v) is 3.51. The van der Waals surface area contributed by atoms with Crippen LogP contribution in [0.25, 0.3) is 10.8 Å². The maximum absolute atomic E-state index is 13.1. The van der Waals surface area contributed by atoms with Gasteiger partial charge in [0.05, 0.1) is 35.1 Å². The number of halogens is 1. The Morgan fingerprint density at radius 3 is 2.64 bits per heavy atom. The van der Waals surface area contributed by atoms with E-state index in [1.807, 2.05) is 42.5 Å². The number of benzene rings is 2. The molecule has 0 radical (unpaired) electrons. The standard InChI is InChI=1S/C22H15ClN4O/c23-19-13-26-27(14-16-8-5-7-15-6-1-2-9-17(15)16)22(28)21(19)18(12-24)20-10-3-4-11-25-20/h1-11,13,18H,14H2. The molecule has 0 aliphatic rings. The maximum atomic E-state index is 13.1. The highest BCUT2D eigenvalue weighted by molar-refractivity contribution is 6.31. The maximum Gasteiger partial charge on any atom is 0.273 e. The van der Waals surface area contributed by atoms with Crippen molar-refractivity contribution in [2.45, 2.75) is 12.5 Å². The normalized spacial score (nSPS) is 11.9. The highest BCUT2D eigenvalue weighted by atomic mass is 35.5. The van der Waals surface area contributed by atoms with E-state index >= 15 is 0 Å². The number of rotatable bonds is 4. The Morgan fingerprint density at radius 1 is 1.07 bits per heavy atom. The molecule has 1 atom stereocenters. The van der Waals surface area contributed by atoms with Crippen LogP contribution in [0.2, 0.25) is 5.02 Å². The van der Waals surface area contributed by atoms with Crippen molar-refractivity contribution in [3.05, 3.63) is 105 Å². The summed E-state index contributed by atoms with van der Waals surface area (Å²) in [7, 11) is 0. The first-order valence-electron chi connectivity index (χ1n) is 8.71. The topological polar surface area (TPSA) is 71.6 Å². The highest BCUT2D eigenvalue weighted by Crippen LogP contribution is 2.25. The van der Waals surface area contributed by atoms with Gasteiger partial charge in [-0.3, -0.25) is 9.78 Å². The minimum absolute atomic E-state index is 0.163. The van der Waals surface area contributed by atoms with Gasteiger partial charge >= 0.3 is 0 Å². The molecule has 0 fully saturated rings. The Bertz CT molecular complexity index is 1240. The predicted octanol–water partition coefficient (Wildman–Crippen LogP) is 4.15. The first-order chi connectivity index (χ1) is 13.7. The lowest BCUT2D eigenvalue weighted by molar-refractivity contribution is 0.630. The molecular weight excluding hydrogens is 372 g/mol. The van der Waals surface area contributed by atoms with Crippen LogP contribution in [-0.2, 0) is 6.54 Å². The van der Waals surface area contributed by atoms with Crippen LogP contribution in [-0.4, -0.2) is 14.8 Å². The summed E-state index contributed by atoms with van der Waals surface area (Å²) in [5, 5.41) is 16.2. The van der Waals surface area contributed by atoms with Crippen LogP contribution in [0.15, 0.2) is 77.9 Å². The highest BCUT2D eigenvalue weighted by Gasteiger charge is 2.23. The Balaban J connectivity index is 1.81. The van der Waals surface area contributed by atoms with E-state index in [2.05, 4.69) is 16.2 Å². The number of hydrogen-bond donors (Lipinski definition) is 0. The zero-order valence-corrected chi connectivity index (χ0v) is 15.5. The Kier molecular flexibility index (Phi) is 4.88. The largest absolute Gasteiger partial charge is 0.273 e. The van der Waals surface area contributed by atoms with Gasteiger partial charge in [-0.05, 0) is 28.5 Å². The van der Waals surface area contributed by atoms with E-state index in [1.165, 1.54) is 10.9 Å². The van der Waals surface area contributed by atoms with E-state index < -0.39 is 11.5 Å². The molecule has 1 unspecified atom stereocenters. The van der Waals surface area contributed by atoms with Gasteiger partial charge in [0.25, 0.3) is 5.56 Å². The molecule has 4 aromatic rings. The molecule has 2 heterocycles. The molecule has 28 heavy (non-hydrogen) atoms.